The van der Waals surface area contributed by atoms with Crippen LogP contribution in [0.3, 0.4) is 0 Å². The number of hydroxylamine groups is 1. The number of rotatable bonds is 6. The summed E-state index contributed by atoms with van der Waals surface area (Å²) in [5, 5.41) is 0. The highest BCUT2D eigenvalue weighted by atomic mass is 16.6. The van der Waals surface area contributed by atoms with Crippen molar-refractivity contribution >= 4 is 0 Å². The highest BCUT2D eigenvalue weighted by molar-refractivity contribution is 5.43. The average Bonchev–Trinajstić information content (AvgIpc) is 2.29. The van der Waals surface area contributed by atoms with Crippen LogP contribution in [-0.2, 0) is 11.3 Å². The molecular weight excluding hydrogens is 206 g/mol. The van der Waals surface area contributed by atoms with Crippen molar-refractivity contribution in [1.82, 2.24) is 5.48 Å². The van der Waals surface area contributed by atoms with Crippen LogP contribution in [0.2, 0.25) is 0 Å². The molecule has 1 aromatic rings. The van der Waals surface area contributed by atoms with Crippen molar-refractivity contribution in [3.63, 3.8) is 0 Å². The van der Waals surface area contributed by atoms with Gasteiger partial charge >= 0.3 is 0 Å². The number of benzene rings is 1. The fraction of sp³-hybridized carbons (Fsp3) is 0.500. The molecule has 0 fully saturated rings. The number of ether oxygens (including phenoxy) is 2. The first-order chi connectivity index (χ1) is 7.71. The Hall–Kier alpha value is -1.26. The Morgan fingerprint density at radius 3 is 2.38 bits per heavy atom. The normalized spacial score (nSPS) is 12.2. The van der Waals surface area contributed by atoms with Gasteiger partial charge in [0.15, 0.2) is 11.5 Å². The molecule has 1 atom stereocenters. The summed E-state index contributed by atoms with van der Waals surface area (Å²) in [6, 6.07) is 6.17. The van der Waals surface area contributed by atoms with Crippen molar-refractivity contribution in [2.45, 2.75) is 19.4 Å². The minimum absolute atomic E-state index is 0.253. The van der Waals surface area contributed by atoms with Crippen molar-refractivity contribution in [3.8, 4) is 11.5 Å². The molecule has 0 aliphatic carbocycles. The van der Waals surface area contributed by atoms with Crippen LogP contribution in [0.4, 0.5) is 0 Å². The number of nitrogens with one attached hydrogen (secondary N) is 1. The second-order valence-electron chi connectivity index (χ2n) is 3.62. The zero-order valence-corrected chi connectivity index (χ0v) is 10.2. The molecule has 0 radical (unpaired) electrons. The molecule has 0 spiro atoms. The molecule has 0 aliphatic heterocycles. The van der Waals surface area contributed by atoms with Gasteiger partial charge in [-0.2, -0.15) is 5.48 Å². The predicted octanol–water partition coefficient (Wildman–Crippen LogP) is 1.79. The maximum atomic E-state index is 5.24. The molecule has 4 heteroatoms. The van der Waals surface area contributed by atoms with Gasteiger partial charge in [-0.1, -0.05) is 6.07 Å². The molecule has 4 nitrogen and oxygen atoms in total. The van der Waals surface area contributed by atoms with Crippen LogP contribution in [0.1, 0.15) is 12.5 Å². The van der Waals surface area contributed by atoms with Crippen LogP contribution < -0.4 is 15.0 Å². The number of hydrogen-bond acceptors (Lipinski definition) is 4. The summed E-state index contributed by atoms with van der Waals surface area (Å²) >= 11 is 0. The minimum atomic E-state index is 0.253. The standard InChI is InChI=1S/C12H19NO3/c1-9(13-16-4)7-10-5-6-11(14-2)12(8-10)15-3/h5-6,8-9,13H,7H2,1-4H3/t9-/m0/s1. The lowest BCUT2D eigenvalue weighted by molar-refractivity contribution is 0.0661. The van der Waals surface area contributed by atoms with E-state index in [9.17, 15) is 0 Å². The summed E-state index contributed by atoms with van der Waals surface area (Å²) < 4.78 is 10.4. The third-order valence-corrected chi connectivity index (χ3v) is 2.31. The van der Waals surface area contributed by atoms with Gasteiger partial charge in [0.05, 0.1) is 21.3 Å². The molecule has 0 bridgehead atoms. The van der Waals surface area contributed by atoms with Gasteiger partial charge < -0.3 is 14.3 Å². The first kappa shape index (κ1) is 12.8. The summed E-state index contributed by atoms with van der Waals surface area (Å²) in [6.07, 6.45) is 0.869. The Labute approximate surface area is 96.5 Å². The highest BCUT2D eigenvalue weighted by Gasteiger charge is 2.07. The molecule has 0 saturated carbocycles. The Balaban J connectivity index is 2.74. The lowest BCUT2D eigenvalue weighted by Gasteiger charge is -2.13. The third-order valence-electron chi connectivity index (χ3n) is 2.31. The molecule has 0 aliphatic rings. The summed E-state index contributed by atoms with van der Waals surface area (Å²) in [6.45, 7) is 2.06. The molecule has 16 heavy (non-hydrogen) atoms. The predicted molar refractivity (Wildman–Crippen MR) is 62.9 cm³/mol. The first-order valence-electron chi connectivity index (χ1n) is 5.20. The molecule has 1 aromatic carbocycles. The van der Waals surface area contributed by atoms with Gasteiger partial charge in [-0.3, -0.25) is 0 Å². The summed E-state index contributed by atoms with van der Waals surface area (Å²) in [4.78, 5) is 4.87. The molecule has 0 unspecified atom stereocenters. The van der Waals surface area contributed by atoms with Crippen molar-refractivity contribution in [1.29, 1.82) is 0 Å². The zero-order chi connectivity index (χ0) is 12.0. The summed E-state index contributed by atoms with van der Waals surface area (Å²) in [7, 11) is 4.89. The monoisotopic (exact) mass is 225 g/mol. The SMILES string of the molecule is CON[C@@H](C)Cc1ccc(OC)c(OC)c1. The number of hydrogen-bond donors (Lipinski definition) is 1. The lowest BCUT2D eigenvalue weighted by atomic mass is 10.1. The van der Waals surface area contributed by atoms with Crippen molar-refractivity contribution in [2.24, 2.45) is 0 Å². The second kappa shape index (κ2) is 6.35. The van der Waals surface area contributed by atoms with Crippen molar-refractivity contribution in [2.75, 3.05) is 21.3 Å². The van der Waals surface area contributed by atoms with Gasteiger partial charge in [0.25, 0.3) is 0 Å². The van der Waals surface area contributed by atoms with Crippen molar-refractivity contribution in [3.05, 3.63) is 23.8 Å². The third kappa shape index (κ3) is 3.40. The van der Waals surface area contributed by atoms with Crippen LogP contribution in [0.5, 0.6) is 11.5 Å². The quantitative estimate of drug-likeness (QED) is 0.749. The van der Waals surface area contributed by atoms with E-state index in [0.717, 1.165) is 17.9 Å². The molecule has 0 saturated heterocycles. The Kier molecular flexibility index (Phi) is 5.08. The van der Waals surface area contributed by atoms with E-state index in [4.69, 9.17) is 14.3 Å². The molecule has 0 aromatic heterocycles. The summed E-state index contributed by atoms with van der Waals surface area (Å²) in [5.74, 6) is 1.50. The van der Waals surface area contributed by atoms with Crippen LogP contribution in [0, 0.1) is 0 Å². The molecule has 0 amide bonds. The van der Waals surface area contributed by atoms with Gasteiger partial charge in [-0.05, 0) is 31.0 Å². The first-order valence-corrected chi connectivity index (χ1v) is 5.20. The summed E-state index contributed by atoms with van der Waals surface area (Å²) in [5.41, 5.74) is 4.06. The molecular formula is C12H19NO3. The van der Waals surface area contributed by atoms with Gasteiger partial charge in [0, 0.05) is 6.04 Å². The molecule has 1 N–H and O–H groups in total. The fourth-order valence-electron chi connectivity index (χ4n) is 1.60. The van der Waals surface area contributed by atoms with Gasteiger partial charge in [-0.25, -0.2) is 0 Å². The zero-order valence-electron chi connectivity index (χ0n) is 10.2. The van der Waals surface area contributed by atoms with E-state index in [1.54, 1.807) is 21.3 Å². The maximum absolute atomic E-state index is 5.24. The smallest absolute Gasteiger partial charge is 0.160 e. The van der Waals surface area contributed by atoms with E-state index in [1.807, 2.05) is 18.2 Å². The lowest BCUT2D eigenvalue weighted by Crippen LogP contribution is -2.26. The number of methoxy groups -OCH3 is 2. The molecule has 90 valence electrons. The molecule has 0 heterocycles. The van der Waals surface area contributed by atoms with Gasteiger partial charge in [0.1, 0.15) is 0 Å². The Bertz CT molecular complexity index is 328. The van der Waals surface area contributed by atoms with E-state index >= 15 is 0 Å². The van der Waals surface area contributed by atoms with Crippen LogP contribution in [-0.4, -0.2) is 27.4 Å². The largest absolute Gasteiger partial charge is 0.493 e. The van der Waals surface area contributed by atoms with E-state index in [-0.39, 0.29) is 6.04 Å². The Morgan fingerprint density at radius 2 is 1.81 bits per heavy atom. The minimum Gasteiger partial charge on any atom is -0.493 e. The van der Waals surface area contributed by atoms with Gasteiger partial charge in [-0.15, -0.1) is 0 Å². The van der Waals surface area contributed by atoms with Crippen LogP contribution in [0.25, 0.3) is 0 Å². The Morgan fingerprint density at radius 1 is 1.12 bits per heavy atom. The fourth-order valence-corrected chi connectivity index (χ4v) is 1.60. The topological polar surface area (TPSA) is 39.7 Å². The highest BCUT2D eigenvalue weighted by Crippen LogP contribution is 2.27. The van der Waals surface area contributed by atoms with Crippen molar-refractivity contribution < 1.29 is 14.3 Å². The second-order valence-corrected chi connectivity index (χ2v) is 3.62. The van der Waals surface area contributed by atoms with Gasteiger partial charge in [0.2, 0.25) is 0 Å². The maximum Gasteiger partial charge on any atom is 0.160 e. The van der Waals surface area contributed by atoms with E-state index < -0.39 is 0 Å². The van der Waals surface area contributed by atoms with Crippen LogP contribution >= 0.6 is 0 Å². The van der Waals surface area contributed by atoms with E-state index in [0.29, 0.717) is 0 Å². The van der Waals surface area contributed by atoms with Crippen LogP contribution in [0.15, 0.2) is 18.2 Å². The van der Waals surface area contributed by atoms with E-state index in [1.165, 1.54) is 5.56 Å². The molecule has 1 rings (SSSR count). The van der Waals surface area contributed by atoms with E-state index in [2.05, 4.69) is 12.4 Å². The average molecular weight is 225 g/mol.